The maximum Gasteiger partial charge on any atom is 0.118 e. The monoisotopic (exact) mass is 175 g/mol. The molecule has 0 bridgehead atoms. The highest BCUT2D eigenvalue weighted by atomic mass is 16.5. The van der Waals surface area contributed by atoms with Gasteiger partial charge in [-0.1, -0.05) is 24.3 Å². The first kappa shape index (κ1) is 7.54. The minimum Gasteiger partial charge on any atom is -0.367 e. The molecule has 1 fully saturated rings. The summed E-state index contributed by atoms with van der Waals surface area (Å²) in [6.07, 6.45) is 1.07. The van der Waals surface area contributed by atoms with Crippen LogP contribution in [0.5, 0.6) is 0 Å². The van der Waals surface area contributed by atoms with Crippen molar-refractivity contribution in [1.29, 1.82) is 0 Å². The normalized spacial score (nSPS) is 23.7. The van der Waals surface area contributed by atoms with Gasteiger partial charge in [-0.25, -0.2) is 0 Å². The molecule has 3 rings (SSSR count). The van der Waals surface area contributed by atoms with Crippen LogP contribution in [0.2, 0.25) is 0 Å². The lowest BCUT2D eigenvalue weighted by Crippen LogP contribution is -2.60. The number of hydrogen-bond donors (Lipinski definition) is 1. The molecule has 1 N–H and O–H groups in total. The van der Waals surface area contributed by atoms with Gasteiger partial charge in [-0.3, -0.25) is 0 Å². The van der Waals surface area contributed by atoms with Crippen molar-refractivity contribution in [2.24, 2.45) is 0 Å². The summed E-state index contributed by atoms with van der Waals surface area (Å²) in [5.41, 5.74) is 2.89. The van der Waals surface area contributed by atoms with Crippen molar-refractivity contribution in [3.8, 4) is 0 Å². The van der Waals surface area contributed by atoms with Crippen LogP contribution in [0.15, 0.2) is 24.3 Å². The lowest BCUT2D eigenvalue weighted by Gasteiger charge is -2.46. The predicted molar refractivity (Wildman–Crippen MR) is 50.6 cm³/mol. The van der Waals surface area contributed by atoms with Crippen molar-refractivity contribution in [3.63, 3.8) is 0 Å². The Kier molecular flexibility index (Phi) is 1.49. The Hall–Kier alpha value is -0.860. The van der Waals surface area contributed by atoms with Crippen molar-refractivity contribution in [1.82, 2.24) is 5.32 Å². The van der Waals surface area contributed by atoms with E-state index in [1.807, 2.05) is 0 Å². The van der Waals surface area contributed by atoms with Gasteiger partial charge in [0, 0.05) is 13.1 Å². The highest BCUT2D eigenvalue weighted by Gasteiger charge is 2.42. The molecule has 1 aromatic rings. The maximum absolute atomic E-state index is 5.87. The van der Waals surface area contributed by atoms with Crippen LogP contribution in [0.1, 0.15) is 11.1 Å². The molecule has 0 aliphatic carbocycles. The molecule has 0 unspecified atom stereocenters. The highest BCUT2D eigenvalue weighted by molar-refractivity contribution is 5.36. The van der Waals surface area contributed by atoms with E-state index in [0.717, 1.165) is 26.1 Å². The summed E-state index contributed by atoms with van der Waals surface area (Å²) in [5.74, 6) is 0. The van der Waals surface area contributed by atoms with Crippen LogP contribution in [-0.4, -0.2) is 19.7 Å². The van der Waals surface area contributed by atoms with Gasteiger partial charge in [0.2, 0.25) is 0 Å². The molecular weight excluding hydrogens is 162 g/mol. The average Bonchev–Trinajstić information content (AvgIpc) is 2.14. The molecule has 1 saturated heterocycles. The van der Waals surface area contributed by atoms with Crippen molar-refractivity contribution in [2.45, 2.75) is 12.0 Å². The molecule has 0 atom stereocenters. The standard InChI is InChI=1S/C11H13NO/c1-2-4-10-9(3-1)5-6-13-11(10)7-12-8-11/h1-4,12H,5-8H2. The van der Waals surface area contributed by atoms with E-state index in [2.05, 4.69) is 29.6 Å². The minimum absolute atomic E-state index is 0.0227. The van der Waals surface area contributed by atoms with Crippen molar-refractivity contribution in [3.05, 3.63) is 35.4 Å². The fourth-order valence-corrected chi connectivity index (χ4v) is 2.26. The van der Waals surface area contributed by atoms with Crippen LogP contribution >= 0.6 is 0 Å². The van der Waals surface area contributed by atoms with Gasteiger partial charge in [0.25, 0.3) is 0 Å². The Balaban J connectivity index is 2.11. The summed E-state index contributed by atoms with van der Waals surface area (Å²) in [6.45, 7) is 2.83. The van der Waals surface area contributed by atoms with Crippen LogP contribution in [0.25, 0.3) is 0 Å². The molecule has 2 aliphatic rings. The zero-order valence-corrected chi connectivity index (χ0v) is 7.55. The SMILES string of the molecule is c1ccc2c(c1)CCOC21CNC1. The summed E-state index contributed by atoms with van der Waals surface area (Å²) < 4.78 is 5.87. The molecule has 0 saturated carbocycles. The molecule has 2 heteroatoms. The van der Waals surface area contributed by atoms with Crippen LogP contribution in [0, 0.1) is 0 Å². The first-order valence-corrected chi connectivity index (χ1v) is 4.84. The number of fused-ring (bicyclic) bond motifs is 2. The lowest BCUT2D eigenvalue weighted by molar-refractivity contribution is -0.0952. The van der Waals surface area contributed by atoms with E-state index >= 15 is 0 Å². The predicted octanol–water partition coefficient (Wildman–Crippen LogP) is 1.06. The Bertz CT molecular complexity index is 331. The lowest BCUT2D eigenvalue weighted by atomic mass is 9.82. The van der Waals surface area contributed by atoms with E-state index in [1.165, 1.54) is 11.1 Å². The first-order chi connectivity index (χ1) is 6.41. The Labute approximate surface area is 77.9 Å². The summed E-state index contributed by atoms with van der Waals surface area (Å²) in [4.78, 5) is 0. The smallest absolute Gasteiger partial charge is 0.118 e. The van der Waals surface area contributed by atoms with Crippen molar-refractivity contribution < 1.29 is 4.74 Å². The number of nitrogens with one attached hydrogen (secondary N) is 1. The maximum atomic E-state index is 5.87. The summed E-state index contributed by atoms with van der Waals surface area (Å²) in [6, 6.07) is 8.64. The number of ether oxygens (including phenoxy) is 1. The van der Waals surface area contributed by atoms with Gasteiger partial charge in [0.15, 0.2) is 0 Å². The number of hydrogen-bond acceptors (Lipinski definition) is 2. The van der Waals surface area contributed by atoms with Crippen LogP contribution in [0.3, 0.4) is 0 Å². The van der Waals surface area contributed by atoms with Gasteiger partial charge in [-0.15, -0.1) is 0 Å². The van der Waals surface area contributed by atoms with Gasteiger partial charge < -0.3 is 10.1 Å². The summed E-state index contributed by atoms with van der Waals surface area (Å²) >= 11 is 0. The van der Waals surface area contributed by atoms with Crippen molar-refractivity contribution >= 4 is 0 Å². The molecule has 0 amide bonds. The average molecular weight is 175 g/mol. The van der Waals surface area contributed by atoms with Crippen LogP contribution in [-0.2, 0) is 16.8 Å². The van der Waals surface area contributed by atoms with Gasteiger partial charge >= 0.3 is 0 Å². The highest BCUT2D eigenvalue weighted by Crippen LogP contribution is 2.35. The van der Waals surface area contributed by atoms with E-state index in [9.17, 15) is 0 Å². The third-order valence-electron chi connectivity index (χ3n) is 3.08. The van der Waals surface area contributed by atoms with E-state index in [4.69, 9.17) is 4.74 Å². The van der Waals surface area contributed by atoms with E-state index in [1.54, 1.807) is 0 Å². The number of rotatable bonds is 0. The Morgan fingerprint density at radius 3 is 2.85 bits per heavy atom. The van der Waals surface area contributed by atoms with E-state index in [0.29, 0.717) is 0 Å². The molecule has 13 heavy (non-hydrogen) atoms. The quantitative estimate of drug-likeness (QED) is 0.636. The summed E-state index contributed by atoms with van der Waals surface area (Å²) in [5, 5.41) is 3.29. The molecule has 1 spiro atoms. The zero-order chi connectivity index (χ0) is 8.73. The molecule has 2 aliphatic heterocycles. The molecule has 0 radical (unpaired) electrons. The second-order valence-electron chi connectivity index (χ2n) is 3.85. The zero-order valence-electron chi connectivity index (χ0n) is 7.55. The third-order valence-corrected chi connectivity index (χ3v) is 3.08. The second kappa shape index (κ2) is 2.56. The van der Waals surface area contributed by atoms with Gasteiger partial charge in [-0.2, -0.15) is 0 Å². The molecule has 68 valence electrons. The van der Waals surface area contributed by atoms with E-state index in [-0.39, 0.29) is 5.60 Å². The topological polar surface area (TPSA) is 21.3 Å². The summed E-state index contributed by atoms with van der Waals surface area (Å²) in [7, 11) is 0. The fraction of sp³-hybridized carbons (Fsp3) is 0.455. The van der Waals surface area contributed by atoms with Gasteiger partial charge in [0.1, 0.15) is 5.60 Å². The molecule has 2 nitrogen and oxygen atoms in total. The molecule has 1 aromatic carbocycles. The Morgan fingerprint density at radius 1 is 1.23 bits per heavy atom. The fourth-order valence-electron chi connectivity index (χ4n) is 2.26. The van der Waals surface area contributed by atoms with Crippen LogP contribution in [0.4, 0.5) is 0 Å². The van der Waals surface area contributed by atoms with E-state index < -0.39 is 0 Å². The van der Waals surface area contributed by atoms with Gasteiger partial charge in [0.05, 0.1) is 6.61 Å². The molecule has 2 heterocycles. The number of benzene rings is 1. The molecular formula is C11H13NO. The second-order valence-corrected chi connectivity index (χ2v) is 3.85. The van der Waals surface area contributed by atoms with Crippen LogP contribution < -0.4 is 5.32 Å². The minimum atomic E-state index is 0.0227. The molecule has 0 aromatic heterocycles. The third kappa shape index (κ3) is 0.960. The largest absolute Gasteiger partial charge is 0.367 e. The van der Waals surface area contributed by atoms with Gasteiger partial charge in [-0.05, 0) is 17.5 Å². The van der Waals surface area contributed by atoms with Crippen molar-refractivity contribution in [2.75, 3.05) is 19.7 Å². The first-order valence-electron chi connectivity index (χ1n) is 4.84. The Morgan fingerprint density at radius 2 is 2.08 bits per heavy atom.